The fraction of sp³-hybridized carbons (Fsp3) is 0.714. The van der Waals surface area contributed by atoms with E-state index in [-0.39, 0.29) is 0 Å². The van der Waals surface area contributed by atoms with E-state index in [9.17, 15) is 0 Å². The fourth-order valence-corrected chi connectivity index (χ4v) is 2.43. The normalized spacial score (nSPS) is 19.9. The van der Waals surface area contributed by atoms with E-state index < -0.39 is 0 Å². The molecule has 1 aliphatic carbocycles. The van der Waals surface area contributed by atoms with Crippen LogP contribution >= 0.6 is 0 Å². The van der Waals surface area contributed by atoms with Gasteiger partial charge in [0.05, 0.1) is 12.2 Å². The van der Waals surface area contributed by atoms with Crippen LogP contribution in [0.3, 0.4) is 0 Å². The number of nitrogens with zero attached hydrogens (tertiary/aromatic N) is 2. The van der Waals surface area contributed by atoms with E-state index in [0.29, 0.717) is 30.1 Å². The van der Waals surface area contributed by atoms with Crippen molar-refractivity contribution in [2.45, 2.75) is 38.5 Å². The van der Waals surface area contributed by atoms with Crippen LogP contribution in [0.1, 0.15) is 43.0 Å². The highest BCUT2D eigenvalue weighted by Crippen LogP contribution is 2.39. The van der Waals surface area contributed by atoms with Gasteiger partial charge in [-0.1, -0.05) is 0 Å². The molecule has 1 aromatic rings. The third kappa shape index (κ3) is 3.02. The maximum atomic E-state index is 5.94. The van der Waals surface area contributed by atoms with Crippen molar-refractivity contribution in [2.24, 2.45) is 11.8 Å². The van der Waals surface area contributed by atoms with E-state index in [0.717, 1.165) is 50.3 Å². The molecule has 0 bridgehead atoms. The van der Waals surface area contributed by atoms with Gasteiger partial charge in [-0.3, -0.25) is 0 Å². The van der Waals surface area contributed by atoms with E-state index in [4.69, 9.17) is 15.3 Å². The summed E-state index contributed by atoms with van der Waals surface area (Å²) in [6.07, 6.45) is 4.43. The quantitative estimate of drug-likeness (QED) is 0.631. The summed E-state index contributed by atoms with van der Waals surface area (Å²) in [6.45, 7) is 4.29. The molecule has 1 saturated carbocycles. The Balaban J connectivity index is 1.71. The molecule has 0 unspecified atom stereocenters. The highest BCUT2D eigenvalue weighted by atomic mass is 16.5. The maximum Gasteiger partial charge on any atom is 0.221 e. The molecule has 1 aliphatic heterocycles. The minimum atomic E-state index is 0.480. The van der Waals surface area contributed by atoms with Gasteiger partial charge >= 0.3 is 0 Å². The molecule has 6 heteroatoms. The Hall–Kier alpha value is -1.40. The van der Waals surface area contributed by atoms with Crippen LogP contribution in [-0.4, -0.2) is 29.8 Å². The van der Waals surface area contributed by atoms with E-state index >= 15 is 0 Å². The molecule has 0 radical (unpaired) electrons. The number of anilines is 1. The lowest BCUT2D eigenvalue weighted by atomic mass is 10.0. The van der Waals surface area contributed by atoms with Crippen LogP contribution in [0, 0.1) is 12.8 Å². The van der Waals surface area contributed by atoms with Gasteiger partial charge in [0.1, 0.15) is 11.6 Å². The van der Waals surface area contributed by atoms with Crippen LogP contribution < -0.4 is 16.0 Å². The zero-order valence-corrected chi connectivity index (χ0v) is 11.9. The first kappa shape index (κ1) is 13.6. The number of nitrogen functional groups attached to an aromatic ring is 1. The number of nitrogens with two attached hydrogens (primary N) is 1. The highest BCUT2D eigenvalue weighted by molar-refractivity contribution is 5.48. The molecular formula is C14H22N4O2. The third-order valence-electron chi connectivity index (χ3n) is 3.99. The van der Waals surface area contributed by atoms with Gasteiger partial charge in [0, 0.05) is 19.1 Å². The second kappa shape index (κ2) is 5.93. The number of ether oxygens (including phenoxy) is 2. The number of rotatable bonds is 5. The van der Waals surface area contributed by atoms with Crippen molar-refractivity contribution in [3.8, 4) is 5.88 Å². The zero-order valence-electron chi connectivity index (χ0n) is 11.9. The third-order valence-corrected chi connectivity index (χ3v) is 3.99. The van der Waals surface area contributed by atoms with Crippen molar-refractivity contribution in [1.82, 2.24) is 9.97 Å². The highest BCUT2D eigenvalue weighted by Gasteiger charge is 2.28. The van der Waals surface area contributed by atoms with Gasteiger partial charge in [-0.05, 0) is 38.5 Å². The van der Waals surface area contributed by atoms with Gasteiger partial charge < -0.3 is 14.9 Å². The lowest BCUT2D eigenvalue weighted by Gasteiger charge is -2.22. The summed E-state index contributed by atoms with van der Waals surface area (Å²) < 4.78 is 11.3. The molecule has 3 rings (SSSR count). The van der Waals surface area contributed by atoms with Gasteiger partial charge in [-0.15, -0.1) is 0 Å². The molecule has 6 nitrogen and oxygen atoms in total. The lowest BCUT2D eigenvalue weighted by molar-refractivity contribution is 0.0489. The molecule has 0 aromatic carbocycles. The molecule has 0 atom stereocenters. The minimum absolute atomic E-state index is 0.480. The van der Waals surface area contributed by atoms with Gasteiger partial charge in [-0.25, -0.2) is 10.8 Å². The molecule has 0 spiro atoms. The SMILES string of the molecule is Cc1c(NN)nc(C2CC2)nc1OCC1CCOCC1. The summed E-state index contributed by atoms with van der Waals surface area (Å²) in [7, 11) is 0. The van der Waals surface area contributed by atoms with Crippen molar-refractivity contribution < 1.29 is 9.47 Å². The van der Waals surface area contributed by atoms with Crippen LogP contribution in [0.2, 0.25) is 0 Å². The molecule has 0 amide bonds. The molecule has 1 aromatic heterocycles. The second-order valence-corrected chi connectivity index (χ2v) is 5.65. The van der Waals surface area contributed by atoms with E-state index in [2.05, 4.69) is 15.4 Å². The monoisotopic (exact) mass is 278 g/mol. The smallest absolute Gasteiger partial charge is 0.221 e. The number of nitrogens with one attached hydrogen (secondary N) is 1. The number of aromatic nitrogens is 2. The first-order valence-corrected chi connectivity index (χ1v) is 7.33. The Bertz CT molecular complexity index is 470. The summed E-state index contributed by atoms with van der Waals surface area (Å²) in [4.78, 5) is 9.03. The summed E-state index contributed by atoms with van der Waals surface area (Å²) >= 11 is 0. The van der Waals surface area contributed by atoms with Crippen LogP contribution in [0.25, 0.3) is 0 Å². The Kier molecular flexibility index (Phi) is 4.03. The van der Waals surface area contributed by atoms with Crippen molar-refractivity contribution in [3.05, 3.63) is 11.4 Å². The standard InChI is InChI=1S/C14H22N4O2/c1-9-12(18-15)16-13(11-2-3-11)17-14(9)20-8-10-4-6-19-7-5-10/h10-11H,2-8,15H2,1H3,(H,16,17,18). The average molecular weight is 278 g/mol. The second-order valence-electron chi connectivity index (χ2n) is 5.65. The number of hydrazine groups is 1. The molecule has 3 N–H and O–H groups in total. The Morgan fingerprint density at radius 1 is 1.25 bits per heavy atom. The van der Waals surface area contributed by atoms with Gasteiger partial charge in [-0.2, -0.15) is 4.98 Å². The molecule has 20 heavy (non-hydrogen) atoms. The first-order valence-electron chi connectivity index (χ1n) is 7.33. The van der Waals surface area contributed by atoms with Crippen molar-refractivity contribution in [3.63, 3.8) is 0 Å². The topological polar surface area (TPSA) is 82.3 Å². The van der Waals surface area contributed by atoms with Gasteiger partial charge in [0.15, 0.2) is 0 Å². The largest absolute Gasteiger partial charge is 0.477 e. The number of hydrogen-bond acceptors (Lipinski definition) is 6. The molecular weight excluding hydrogens is 256 g/mol. The first-order chi connectivity index (χ1) is 9.78. The van der Waals surface area contributed by atoms with Crippen LogP contribution in [0.5, 0.6) is 5.88 Å². The molecule has 2 fully saturated rings. The lowest BCUT2D eigenvalue weighted by Crippen LogP contribution is -2.22. The van der Waals surface area contributed by atoms with Crippen molar-refractivity contribution in [2.75, 3.05) is 25.2 Å². The zero-order chi connectivity index (χ0) is 13.9. The summed E-state index contributed by atoms with van der Waals surface area (Å²) in [6, 6.07) is 0. The molecule has 110 valence electrons. The molecule has 2 heterocycles. The molecule has 2 aliphatic rings. The predicted molar refractivity (Wildman–Crippen MR) is 75.6 cm³/mol. The Morgan fingerprint density at radius 3 is 2.65 bits per heavy atom. The summed E-state index contributed by atoms with van der Waals surface area (Å²) in [5.41, 5.74) is 3.52. The van der Waals surface area contributed by atoms with Crippen molar-refractivity contribution >= 4 is 5.82 Å². The van der Waals surface area contributed by atoms with Gasteiger partial charge in [0.25, 0.3) is 0 Å². The maximum absolute atomic E-state index is 5.94. The van der Waals surface area contributed by atoms with Gasteiger partial charge in [0.2, 0.25) is 5.88 Å². The summed E-state index contributed by atoms with van der Waals surface area (Å²) in [5, 5.41) is 0. The minimum Gasteiger partial charge on any atom is -0.477 e. The number of hydrogen-bond donors (Lipinski definition) is 2. The van der Waals surface area contributed by atoms with E-state index in [1.165, 1.54) is 0 Å². The van der Waals surface area contributed by atoms with E-state index in [1.807, 2.05) is 6.92 Å². The van der Waals surface area contributed by atoms with Crippen LogP contribution in [-0.2, 0) is 4.74 Å². The van der Waals surface area contributed by atoms with Crippen LogP contribution in [0.15, 0.2) is 0 Å². The van der Waals surface area contributed by atoms with E-state index in [1.54, 1.807) is 0 Å². The van der Waals surface area contributed by atoms with Crippen molar-refractivity contribution in [1.29, 1.82) is 0 Å². The predicted octanol–water partition coefficient (Wildman–Crippen LogP) is 1.75. The molecule has 1 saturated heterocycles. The summed E-state index contributed by atoms with van der Waals surface area (Å²) in [5.74, 6) is 8.76. The van der Waals surface area contributed by atoms with Crippen LogP contribution in [0.4, 0.5) is 5.82 Å². The Morgan fingerprint density at radius 2 is 2.00 bits per heavy atom. The fourth-order valence-electron chi connectivity index (χ4n) is 2.43. The Labute approximate surface area is 119 Å². The average Bonchev–Trinajstić information content (AvgIpc) is 3.32.